The van der Waals surface area contributed by atoms with E-state index in [0.29, 0.717) is 40.5 Å². The average molecular weight is 659 g/mol. The van der Waals surface area contributed by atoms with E-state index in [9.17, 15) is 19.5 Å². The molecule has 0 bridgehead atoms. The Kier molecular flexibility index (Phi) is 9.80. The zero-order chi connectivity index (χ0) is 33.8. The number of amides is 1. The Morgan fingerprint density at radius 3 is 2.23 bits per heavy atom. The van der Waals surface area contributed by atoms with Crippen molar-refractivity contribution in [3.05, 3.63) is 99.1 Å². The fourth-order valence-electron chi connectivity index (χ4n) is 5.35. The number of carbonyl (C=O) groups is 3. The van der Waals surface area contributed by atoms with E-state index < -0.39 is 29.5 Å². The summed E-state index contributed by atoms with van der Waals surface area (Å²) in [5.41, 5.74) is 2.44. The monoisotopic (exact) mass is 658 g/mol. The second-order valence-electron chi connectivity index (χ2n) is 10.5. The van der Waals surface area contributed by atoms with Gasteiger partial charge in [0.15, 0.2) is 16.6 Å². The van der Waals surface area contributed by atoms with Gasteiger partial charge in [0.25, 0.3) is 5.78 Å². The van der Waals surface area contributed by atoms with Crippen molar-refractivity contribution in [2.45, 2.75) is 33.4 Å². The molecule has 12 heteroatoms. The van der Waals surface area contributed by atoms with Crippen LogP contribution in [0.25, 0.3) is 5.76 Å². The molecule has 1 amide bonds. The van der Waals surface area contributed by atoms with Gasteiger partial charge in [0, 0.05) is 5.56 Å². The molecule has 1 saturated heterocycles. The van der Waals surface area contributed by atoms with Crippen LogP contribution in [0.5, 0.6) is 23.0 Å². The molecule has 1 aromatic heterocycles. The normalized spacial score (nSPS) is 15.4. The molecular formula is C35H34N2O9S. The van der Waals surface area contributed by atoms with Crippen LogP contribution in [0.3, 0.4) is 0 Å². The summed E-state index contributed by atoms with van der Waals surface area (Å²) in [4.78, 5) is 46.2. The van der Waals surface area contributed by atoms with Crippen molar-refractivity contribution in [2.24, 2.45) is 0 Å². The van der Waals surface area contributed by atoms with Crippen molar-refractivity contribution in [1.29, 1.82) is 0 Å². The Morgan fingerprint density at radius 1 is 0.957 bits per heavy atom. The van der Waals surface area contributed by atoms with Gasteiger partial charge in [0.2, 0.25) is 5.75 Å². The molecule has 2 heterocycles. The summed E-state index contributed by atoms with van der Waals surface area (Å²) < 4.78 is 27.7. The van der Waals surface area contributed by atoms with Crippen LogP contribution in [0, 0.1) is 13.8 Å². The van der Waals surface area contributed by atoms with E-state index in [2.05, 4.69) is 4.98 Å². The quantitative estimate of drug-likeness (QED) is 0.0864. The van der Waals surface area contributed by atoms with Crippen molar-refractivity contribution in [2.75, 3.05) is 32.8 Å². The van der Waals surface area contributed by atoms with Gasteiger partial charge in [-0.15, -0.1) is 0 Å². The number of rotatable bonds is 11. The molecule has 1 aliphatic rings. The first-order valence-corrected chi connectivity index (χ1v) is 15.5. The van der Waals surface area contributed by atoms with Gasteiger partial charge in [0.05, 0.1) is 45.2 Å². The molecular weight excluding hydrogens is 624 g/mol. The Bertz CT molecular complexity index is 1840. The number of aryl methyl sites for hydroxylation is 2. The summed E-state index contributed by atoms with van der Waals surface area (Å²) in [5.74, 6) is -1.46. The van der Waals surface area contributed by atoms with Crippen LogP contribution in [0.15, 0.2) is 66.2 Å². The molecule has 1 aliphatic heterocycles. The number of thiazole rings is 1. The highest BCUT2D eigenvalue weighted by Gasteiger charge is 2.49. The highest BCUT2D eigenvalue weighted by Crippen LogP contribution is 2.48. The van der Waals surface area contributed by atoms with Gasteiger partial charge in [-0.1, -0.05) is 41.7 Å². The lowest BCUT2D eigenvalue weighted by molar-refractivity contribution is -0.132. The molecule has 1 atom stereocenters. The number of hydrogen-bond donors (Lipinski definition) is 1. The van der Waals surface area contributed by atoms with Gasteiger partial charge in [0.1, 0.15) is 23.0 Å². The van der Waals surface area contributed by atoms with E-state index in [1.165, 1.54) is 26.2 Å². The number of benzene rings is 3. The lowest BCUT2D eigenvalue weighted by Crippen LogP contribution is -2.29. The maximum Gasteiger partial charge on any atom is 0.350 e. The summed E-state index contributed by atoms with van der Waals surface area (Å²) in [7, 11) is 4.34. The number of hydrogen-bond acceptors (Lipinski definition) is 11. The van der Waals surface area contributed by atoms with Crippen molar-refractivity contribution in [1.82, 2.24) is 4.98 Å². The van der Waals surface area contributed by atoms with Crippen LogP contribution in [-0.4, -0.2) is 55.7 Å². The third kappa shape index (κ3) is 6.36. The number of esters is 1. The molecule has 1 N–H and O–H groups in total. The number of ether oxygens (including phenoxy) is 5. The second-order valence-corrected chi connectivity index (χ2v) is 11.5. The van der Waals surface area contributed by atoms with Crippen molar-refractivity contribution >= 4 is 39.9 Å². The number of Topliss-reactive ketones (excluding diaryl/α,β-unsaturated/α-hetero) is 1. The Morgan fingerprint density at radius 2 is 1.64 bits per heavy atom. The van der Waals surface area contributed by atoms with E-state index >= 15 is 0 Å². The predicted molar refractivity (Wildman–Crippen MR) is 176 cm³/mol. The van der Waals surface area contributed by atoms with Gasteiger partial charge in [-0.2, -0.15) is 0 Å². The van der Waals surface area contributed by atoms with E-state index in [4.69, 9.17) is 23.7 Å². The summed E-state index contributed by atoms with van der Waals surface area (Å²) in [5, 5.41) is 11.9. The van der Waals surface area contributed by atoms with Gasteiger partial charge >= 0.3 is 11.9 Å². The smallest absolute Gasteiger partial charge is 0.350 e. The average Bonchev–Trinajstić information content (AvgIpc) is 3.59. The number of aliphatic hydroxyl groups excluding tert-OH is 1. The number of aromatic nitrogens is 1. The minimum absolute atomic E-state index is 0.0758. The number of nitrogens with zero attached hydrogens (tertiary/aromatic N) is 2. The molecule has 244 valence electrons. The molecule has 5 rings (SSSR count). The van der Waals surface area contributed by atoms with Gasteiger partial charge in [-0.25, -0.2) is 9.78 Å². The Labute approximate surface area is 275 Å². The fourth-order valence-corrected chi connectivity index (χ4v) is 6.34. The van der Waals surface area contributed by atoms with E-state index in [-0.39, 0.29) is 33.7 Å². The number of methoxy groups -OCH3 is 3. The van der Waals surface area contributed by atoms with Crippen LogP contribution in [-0.2, 0) is 20.9 Å². The number of ketones is 1. The lowest BCUT2D eigenvalue weighted by Gasteiger charge is -2.25. The lowest BCUT2D eigenvalue weighted by atomic mass is 9.93. The molecule has 4 aromatic rings. The van der Waals surface area contributed by atoms with Crippen LogP contribution in [0.1, 0.15) is 50.6 Å². The first kappa shape index (κ1) is 33.0. The molecule has 0 aliphatic carbocycles. The van der Waals surface area contributed by atoms with E-state index in [1.807, 2.05) is 30.3 Å². The molecule has 1 unspecified atom stereocenters. The predicted octanol–water partition coefficient (Wildman–Crippen LogP) is 6.17. The molecule has 47 heavy (non-hydrogen) atoms. The third-order valence-electron chi connectivity index (χ3n) is 7.60. The maximum absolute atomic E-state index is 13.8. The molecule has 0 radical (unpaired) electrons. The highest BCUT2D eigenvalue weighted by molar-refractivity contribution is 7.17. The molecule has 0 saturated carbocycles. The zero-order valence-corrected chi connectivity index (χ0v) is 27.6. The molecule has 11 nitrogen and oxygen atoms in total. The maximum atomic E-state index is 13.8. The zero-order valence-electron chi connectivity index (χ0n) is 26.8. The number of carbonyl (C=O) groups excluding carboxylic acids is 3. The summed E-state index contributed by atoms with van der Waals surface area (Å²) in [6.07, 6.45) is 0. The molecule has 0 spiro atoms. The van der Waals surface area contributed by atoms with E-state index in [0.717, 1.165) is 16.9 Å². The standard InChI is InChI=1S/C35H34N2O9S/c1-7-45-34(41)32-20(3)36-35(47-32)37-28(22-16-25(42-4)31(44-6)26(17-22)43-5)27(30(39)33(37)40)29(38)24-14-13-23(15-19(24)2)46-18-21-11-9-8-10-12-21/h8-17,28,38H,7,18H2,1-6H3/b29-27+. The molecule has 1 fully saturated rings. The Balaban J connectivity index is 1.65. The molecule has 3 aromatic carbocycles. The number of aliphatic hydroxyl groups is 1. The fraction of sp³-hybridized carbons (Fsp3) is 0.257. The van der Waals surface area contributed by atoms with Gasteiger partial charge in [-0.3, -0.25) is 14.5 Å². The van der Waals surface area contributed by atoms with Crippen LogP contribution < -0.4 is 23.8 Å². The number of anilines is 1. The second kappa shape index (κ2) is 14.0. The largest absolute Gasteiger partial charge is 0.507 e. The van der Waals surface area contributed by atoms with Crippen molar-refractivity contribution in [3.8, 4) is 23.0 Å². The first-order chi connectivity index (χ1) is 22.6. The SMILES string of the molecule is CCOC(=O)c1sc(N2C(=O)C(=O)/C(=C(/O)c3ccc(OCc4ccccc4)cc3C)C2c2cc(OC)c(OC)c(OC)c2)nc1C. The summed E-state index contributed by atoms with van der Waals surface area (Å²) >= 11 is 0.914. The van der Waals surface area contributed by atoms with Crippen molar-refractivity contribution in [3.63, 3.8) is 0 Å². The van der Waals surface area contributed by atoms with Crippen LogP contribution in [0.4, 0.5) is 5.13 Å². The first-order valence-electron chi connectivity index (χ1n) is 14.7. The topological polar surface area (TPSA) is 134 Å². The van der Waals surface area contributed by atoms with Crippen LogP contribution >= 0.6 is 11.3 Å². The van der Waals surface area contributed by atoms with Crippen molar-refractivity contribution < 1.29 is 43.2 Å². The third-order valence-corrected chi connectivity index (χ3v) is 8.74. The highest BCUT2D eigenvalue weighted by atomic mass is 32.1. The van der Waals surface area contributed by atoms with Crippen LogP contribution in [0.2, 0.25) is 0 Å². The Hall–Kier alpha value is -5.36. The minimum Gasteiger partial charge on any atom is -0.507 e. The van der Waals surface area contributed by atoms with Gasteiger partial charge in [-0.05, 0) is 67.8 Å². The summed E-state index contributed by atoms with van der Waals surface area (Å²) in [6, 6.07) is 16.8. The minimum atomic E-state index is -1.18. The summed E-state index contributed by atoms with van der Waals surface area (Å²) in [6.45, 7) is 5.56. The van der Waals surface area contributed by atoms with E-state index in [1.54, 1.807) is 51.1 Å². The van der Waals surface area contributed by atoms with Gasteiger partial charge < -0.3 is 28.8 Å².